The maximum absolute atomic E-state index is 9.70. The van der Waals surface area contributed by atoms with Gasteiger partial charge in [0.2, 0.25) is 0 Å². The van der Waals surface area contributed by atoms with E-state index in [0.29, 0.717) is 0 Å². The van der Waals surface area contributed by atoms with Crippen LogP contribution in [0.2, 0.25) is 0 Å². The molecule has 0 fully saturated rings. The van der Waals surface area contributed by atoms with Crippen LogP contribution in [0.1, 0.15) is 0 Å². The molecule has 0 aliphatic heterocycles. The van der Waals surface area contributed by atoms with Crippen molar-refractivity contribution in [1.29, 1.82) is 0 Å². The minimum Gasteiger partial charge on any atom is -0.476 e. The summed E-state index contributed by atoms with van der Waals surface area (Å²) < 4.78 is 0. The molecule has 0 aromatic heterocycles. The number of carbonyl (C=O) groups is 2. The van der Waals surface area contributed by atoms with Gasteiger partial charge in [-0.05, 0) is 0 Å². The van der Waals surface area contributed by atoms with Crippen LogP contribution in [-0.4, -0.2) is 62.6 Å². The molecule has 0 spiro atoms. The average Bonchev–Trinajstić information content (AvgIpc) is 1.64. The molecule has 6 nitrogen and oxygen atoms in total. The van der Waals surface area contributed by atoms with E-state index in [0.717, 1.165) is 0 Å². The first-order valence-corrected chi connectivity index (χ1v) is 1.78. The Kier molecular flexibility index (Phi) is 6.32. The monoisotopic (exact) mass is 156 g/mol. The van der Waals surface area contributed by atoms with Gasteiger partial charge in [-0.1, -0.05) is 5.16 Å². The van der Waals surface area contributed by atoms with Crippen LogP contribution in [-0.2, 0) is 9.59 Å². The van der Waals surface area contributed by atoms with E-state index in [-0.39, 0.29) is 29.6 Å². The molecule has 0 bridgehead atoms. The molecule has 0 aliphatic carbocycles. The molecule has 0 unspecified atom stereocenters. The molecule has 51 valence electrons. The van der Waals surface area contributed by atoms with E-state index >= 15 is 0 Å². The van der Waals surface area contributed by atoms with Gasteiger partial charge in [-0.15, -0.1) is 0 Å². The van der Waals surface area contributed by atoms with Gasteiger partial charge in [-0.2, -0.15) is 0 Å². The summed E-state index contributed by atoms with van der Waals surface area (Å²) in [5.74, 6) is -3.55. The molecule has 10 heavy (non-hydrogen) atoms. The van der Waals surface area contributed by atoms with Crippen LogP contribution < -0.4 is 0 Å². The first-order chi connectivity index (χ1) is 4.09. The molecule has 0 amide bonds. The van der Waals surface area contributed by atoms with Crippen molar-refractivity contribution in [2.75, 3.05) is 0 Å². The fourth-order valence-electron chi connectivity index (χ4n) is 0.177. The number of hydrogen-bond donors (Lipinski definition) is 3. The minimum absolute atomic E-state index is 0. The number of hydrogen-bond acceptors (Lipinski definition) is 4. The zero-order valence-corrected chi connectivity index (χ0v) is 7.11. The molecule has 0 aliphatic rings. The predicted octanol–water partition coefficient (Wildman–Crippen LogP) is -1.40. The Hall–Kier alpha value is -0.590. The van der Waals surface area contributed by atoms with Gasteiger partial charge in [0.25, 0.3) is 5.71 Å². The SMILES string of the molecule is O=C(O)C(=NO)C(=O)O.[Na]. The van der Waals surface area contributed by atoms with E-state index in [1.54, 1.807) is 0 Å². The molecule has 0 aromatic rings. The molecular weight excluding hydrogens is 153 g/mol. The first-order valence-electron chi connectivity index (χ1n) is 1.78. The number of aliphatic carboxylic acids is 2. The van der Waals surface area contributed by atoms with E-state index < -0.39 is 17.7 Å². The molecule has 1 radical (unpaired) electrons. The zero-order chi connectivity index (χ0) is 7.44. The van der Waals surface area contributed by atoms with Crippen molar-refractivity contribution in [2.45, 2.75) is 0 Å². The van der Waals surface area contributed by atoms with E-state index in [4.69, 9.17) is 15.4 Å². The van der Waals surface area contributed by atoms with Crippen molar-refractivity contribution in [2.24, 2.45) is 5.16 Å². The Labute approximate surface area is 77.4 Å². The molecular formula is C3H3NNaO5. The maximum Gasteiger partial charge on any atom is 0.365 e. The van der Waals surface area contributed by atoms with Gasteiger partial charge in [-0.3, -0.25) is 0 Å². The van der Waals surface area contributed by atoms with Crippen LogP contribution >= 0.6 is 0 Å². The van der Waals surface area contributed by atoms with Crippen LogP contribution in [0.3, 0.4) is 0 Å². The Balaban J connectivity index is 0. The third kappa shape index (κ3) is 3.44. The predicted molar refractivity (Wildman–Crippen MR) is 30.2 cm³/mol. The van der Waals surface area contributed by atoms with Crippen molar-refractivity contribution in [3.8, 4) is 0 Å². The maximum atomic E-state index is 9.70. The van der Waals surface area contributed by atoms with Gasteiger partial charge < -0.3 is 15.4 Å². The van der Waals surface area contributed by atoms with Gasteiger partial charge in [0, 0.05) is 29.6 Å². The van der Waals surface area contributed by atoms with Crippen molar-refractivity contribution < 1.29 is 25.0 Å². The summed E-state index contributed by atoms with van der Waals surface area (Å²) in [5, 5.41) is 25.4. The van der Waals surface area contributed by atoms with E-state index in [1.807, 2.05) is 5.16 Å². The molecule has 0 heterocycles. The topological polar surface area (TPSA) is 107 Å². The van der Waals surface area contributed by atoms with Crippen molar-refractivity contribution >= 4 is 47.2 Å². The second-order valence-corrected chi connectivity index (χ2v) is 1.06. The van der Waals surface area contributed by atoms with Gasteiger partial charge >= 0.3 is 11.9 Å². The third-order valence-electron chi connectivity index (χ3n) is 0.505. The Bertz CT molecular complexity index is 160. The quantitative estimate of drug-likeness (QED) is 0.150. The van der Waals surface area contributed by atoms with E-state index in [1.165, 1.54) is 0 Å². The molecule has 0 atom stereocenters. The van der Waals surface area contributed by atoms with Crippen molar-refractivity contribution in [3.05, 3.63) is 0 Å². The molecule has 0 aromatic carbocycles. The van der Waals surface area contributed by atoms with Crippen molar-refractivity contribution in [1.82, 2.24) is 0 Å². The zero-order valence-electron chi connectivity index (χ0n) is 5.11. The average molecular weight is 156 g/mol. The first kappa shape index (κ1) is 12.1. The Morgan fingerprint density at radius 1 is 1.10 bits per heavy atom. The van der Waals surface area contributed by atoms with Gasteiger partial charge in [-0.25, -0.2) is 9.59 Å². The summed E-state index contributed by atoms with van der Waals surface area (Å²) in [4.78, 5) is 19.4. The van der Waals surface area contributed by atoms with Crippen LogP contribution in [0.25, 0.3) is 0 Å². The minimum atomic E-state index is -1.77. The summed E-state index contributed by atoms with van der Waals surface area (Å²) in [5.41, 5.74) is -1.30. The second kappa shape index (κ2) is 5.21. The smallest absolute Gasteiger partial charge is 0.365 e. The van der Waals surface area contributed by atoms with Crippen LogP contribution in [0, 0.1) is 0 Å². The van der Waals surface area contributed by atoms with E-state index in [2.05, 4.69) is 0 Å². The second-order valence-electron chi connectivity index (χ2n) is 1.06. The molecule has 3 N–H and O–H groups in total. The summed E-state index contributed by atoms with van der Waals surface area (Å²) >= 11 is 0. The summed E-state index contributed by atoms with van der Waals surface area (Å²) in [6.07, 6.45) is 0. The largest absolute Gasteiger partial charge is 0.476 e. The fourth-order valence-corrected chi connectivity index (χ4v) is 0.177. The van der Waals surface area contributed by atoms with Crippen molar-refractivity contribution in [3.63, 3.8) is 0 Å². The Morgan fingerprint density at radius 3 is 1.40 bits per heavy atom. The number of oxime groups is 1. The van der Waals surface area contributed by atoms with Gasteiger partial charge in [0.15, 0.2) is 0 Å². The molecule has 0 saturated heterocycles. The van der Waals surface area contributed by atoms with Crippen LogP contribution in [0.4, 0.5) is 0 Å². The number of carboxylic acids is 2. The Morgan fingerprint density at radius 2 is 1.40 bits per heavy atom. The molecule has 7 heteroatoms. The van der Waals surface area contributed by atoms with Crippen LogP contribution in [0.15, 0.2) is 5.16 Å². The summed E-state index contributed by atoms with van der Waals surface area (Å²) in [6, 6.07) is 0. The number of rotatable bonds is 2. The fraction of sp³-hybridized carbons (Fsp3) is 0. The van der Waals surface area contributed by atoms with Gasteiger partial charge in [0.05, 0.1) is 0 Å². The molecule has 0 rings (SSSR count). The third-order valence-corrected chi connectivity index (χ3v) is 0.505. The van der Waals surface area contributed by atoms with E-state index in [9.17, 15) is 9.59 Å². The standard InChI is InChI=1S/C3H3NO5.Na/c5-2(6)1(4-9)3(7)8;/h9H,(H,5,6)(H,7,8);. The molecule has 0 saturated carbocycles. The summed E-state index contributed by atoms with van der Waals surface area (Å²) in [7, 11) is 0. The summed E-state index contributed by atoms with van der Waals surface area (Å²) in [6.45, 7) is 0. The normalized spacial score (nSPS) is 7.20. The number of carboxylic acid groups (broad SMARTS) is 2. The number of nitrogens with zero attached hydrogens (tertiary/aromatic N) is 1. The van der Waals surface area contributed by atoms with Gasteiger partial charge in [0.1, 0.15) is 0 Å². The van der Waals surface area contributed by atoms with Crippen LogP contribution in [0.5, 0.6) is 0 Å².